The summed E-state index contributed by atoms with van der Waals surface area (Å²) in [5, 5.41) is 17.9. The average Bonchev–Trinajstić information content (AvgIpc) is 3.42. The first-order chi connectivity index (χ1) is 13.2. The number of hydrogen-bond donors (Lipinski definition) is 1. The molecular formula is C19H23N7O. The maximum atomic E-state index is 9.12. The Labute approximate surface area is 157 Å². The highest BCUT2D eigenvalue weighted by Gasteiger charge is 2.15. The first-order valence-corrected chi connectivity index (χ1v) is 9.18. The average molecular weight is 365 g/mol. The van der Waals surface area contributed by atoms with Crippen LogP contribution in [0.15, 0.2) is 43.2 Å². The van der Waals surface area contributed by atoms with E-state index in [2.05, 4.69) is 22.1 Å². The molecule has 0 amide bonds. The number of aliphatic hydroxyl groups is 1. The predicted octanol–water partition coefficient (Wildman–Crippen LogP) is 2.72. The van der Waals surface area contributed by atoms with Gasteiger partial charge in [0.25, 0.3) is 0 Å². The Balaban J connectivity index is 1.76. The maximum absolute atomic E-state index is 9.12. The van der Waals surface area contributed by atoms with E-state index in [0.717, 1.165) is 47.6 Å². The van der Waals surface area contributed by atoms with Gasteiger partial charge >= 0.3 is 0 Å². The van der Waals surface area contributed by atoms with Crippen LogP contribution in [0.1, 0.15) is 32.2 Å². The molecule has 4 aromatic rings. The Kier molecular flexibility index (Phi) is 4.72. The van der Waals surface area contributed by atoms with Crippen LogP contribution >= 0.6 is 0 Å². The van der Waals surface area contributed by atoms with Gasteiger partial charge in [-0.2, -0.15) is 10.2 Å². The number of aryl methyl sites for hydroxylation is 1. The normalized spacial score (nSPS) is 12.7. The van der Waals surface area contributed by atoms with Gasteiger partial charge < -0.3 is 5.11 Å². The number of aromatic nitrogens is 7. The molecule has 0 aromatic carbocycles. The van der Waals surface area contributed by atoms with E-state index in [1.54, 1.807) is 17.1 Å². The van der Waals surface area contributed by atoms with Crippen molar-refractivity contribution < 1.29 is 5.11 Å². The Morgan fingerprint density at radius 2 is 2.00 bits per heavy atom. The molecule has 0 spiro atoms. The number of aliphatic hydroxyl groups excluding tert-OH is 1. The highest BCUT2D eigenvalue weighted by atomic mass is 16.2. The van der Waals surface area contributed by atoms with Gasteiger partial charge in [0.2, 0.25) is 0 Å². The van der Waals surface area contributed by atoms with Crippen LogP contribution in [0.4, 0.5) is 0 Å². The molecule has 4 rings (SSSR count). The third-order valence-electron chi connectivity index (χ3n) is 4.79. The molecule has 140 valence electrons. The Hall–Kier alpha value is -3.00. The van der Waals surface area contributed by atoms with E-state index in [0.29, 0.717) is 0 Å². The summed E-state index contributed by atoms with van der Waals surface area (Å²) in [7, 11) is 1.89. The summed E-state index contributed by atoms with van der Waals surface area (Å²) in [6.45, 7) is 2.34. The van der Waals surface area contributed by atoms with Crippen molar-refractivity contribution in [2.75, 3.05) is 6.61 Å². The molecule has 0 fully saturated rings. The molecule has 0 aliphatic carbocycles. The largest absolute Gasteiger partial charge is 0.396 e. The van der Waals surface area contributed by atoms with Crippen LogP contribution in [-0.4, -0.2) is 45.6 Å². The first kappa shape index (κ1) is 17.4. The fourth-order valence-electron chi connectivity index (χ4n) is 3.33. The predicted molar refractivity (Wildman–Crippen MR) is 102 cm³/mol. The zero-order valence-electron chi connectivity index (χ0n) is 15.5. The highest BCUT2D eigenvalue weighted by Crippen LogP contribution is 2.26. The third kappa shape index (κ3) is 3.35. The van der Waals surface area contributed by atoms with Crippen molar-refractivity contribution in [1.82, 2.24) is 33.9 Å². The molecule has 0 aliphatic rings. The molecule has 0 bridgehead atoms. The second kappa shape index (κ2) is 7.32. The van der Waals surface area contributed by atoms with Crippen molar-refractivity contribution in [3.05, 3.63) is 43.2 Å². The molecule has 0 saturated carbocycles. The zero-order chi connectivity index (χ0) is 18.8. The van der Waals surface area contributed by atoms with E-state index in [-0.39, 0.29) is 12.6 Å². The lowest BCUT2D eigenvalue weighted by Gasteiger charge is -2.14. The number of nitrogens with zero attached hydrogens (tertiary/aromatic N) is 7. The van der Waals surface area contributed by atoms with E-state index in [1.165, 1.54) is 0 Å². The zero-order valence-corrected chi connectivity index (χ0v) is 15.5. The number of hydrogen-bond acceptors (Lipinski definition) is 5. The van der Waals surface area contributed by atoms with Crippen LogP contribution in [0.3, 0.4) is 0 Å². The minimum absolute atomic E-state index is 0.203. The van der Waals surface area contributed by atoms with Gasteiger partial charge in [-0.05, 0) is 19.3 Å². The minimum Gasteiger partial charge on any atom is -0.396 e. The van der Waals surface area contributed by atoms with Crippen LogP contribution in [0.5, 0.6) is 0 Å². The number of rotatable bonds is 7. The molecule has 0 aliphatic heterocycles. The molecule has 8 heteroatoms. The highest BCUT2D eigenvalue weighted by molar-refractivity contribution is 5.68. The minimum atomic E-state index is 0.203. The quantitative estimate of drug-likeness (QED) is 0.544. The van der Waals surface area contributed by atoms with Gasteiger partial charge in [0.15, 0.2) is 0 Å². The summed E-state index contributed by atoms with van der Waals surface area (Å²) in [6, 6.07) is 2.23. The topological polar surface area (TPSA) is 86.1 Å². The summed E-state index contributed by atoms with van der Waals surface area (Å²) >= 11 is 0. The molecule has 8 nitrogen and oxygen atoms in total. The second-order valence-corrected chi connectivity index (χ2v) is 6.66. The van der Waals surface area contributed by atoms with Crippen LogP contribution < -0.4 is 0 Å². The smallest absolute Gasteiger partial charge is 0.149 e. The van der Waals surface area contributed by atoms with Crippen molar-refractivity contribution in [2.45, 2.75) is 32.2 Å². The van der Waals surface area contributed by atoms with E-state index in [1.807, 2.05) is 47.0 Å². The van der Waals surface area contributed by atoms with Crippen molar-refractivity contribution in [3.63, 3.8) is 0 Å². The van der Waals surface area contributed by atoms with Crippen LogP contribution in [0, 0.1) is 0 Å². The molecule has 0 radical (unpaired) electrons. The van der Waals surface area contributed by atoms with E-state index < -0.39 is 0 Å². The molecule has 1 unspecified atom stereocenters. The lowest BCUT2D eigenvalue weighted by Crippen LogP contribution is -2.09. The van der Waals surface area contributed by atoms with Crippen LogP contribution in [0.2, 0.25) is 0 Å². The van der Waals surface area contributed by atoms with Gasteiger partial charge in [0, 0.05) is 50.1 Å². The number of imidazole rings is 1. The van der Waals surface area contributed by atoms with Crippen molar-refractivity contribution in [2.24, 2.45) is 7.05 Å². The third-order valence-corrected chi connectivity index (χ3v) is 4.79. The van der Waals surface area contributed by atoms with E-state index in [9.17, 15) is 0 Å². The molecule has 0 saturated heterocycles. The molecule has 27 heavy (non-hydrogen) atoms. The lowest BCUT2D eigenvalue weighted by molar-refractivity contribution is 0.266. The van der Waals surface area contributed by atoms with Gasteiger partial charge in [-0.25, -0.2) is 9.97 Å². The lowest BCUT2D eigenvalue weighted by atomic mass is 10.1. The molecule has 1 atom stereocenters. The van der Waals surface area contributed by atoms with Crippen LogP contribution in [0.25, 0.3) is 28.3 Å². The second-order valence-electron chi connectivity index (χ2n) is 6.66. The summed E-state index contributed by atoms with van der Waals surface area (Å²) < 4.78 is 5.71. The summed E-state index contributed by atoms with van der Waals surface area (Å²) in [4.78, 5) is 9.30. The summed E-state index contributed by atoms with van der Waals surface area (Å²) in [5.74, 6) is 0.798. The Morgan fingerprint density at radius 3 is 2.74 bits per heavy atom. The fraction of sp³-hybridized carbons (Fsp3) is 0.368. The SMILES string of the molecule is CCC(CCCO)n1cc(-c2nc(-c3cnn(C)c3)cc3nccn23)cn1. The fourth-order valence-corrected chi connectivity index (χ4v) is 3.33. The Bertz CT molecular complexity index is 1050. The van der Waals surface area contributed by atoms with E-state index >= 15 is 0 Å². The summed E-state index contributed by atoms with van der Waals surface area (Å²) in [5.41, 5.74) is 3.55. The van der Waals surface area contributed by atoms with Crippen LogP contribution in [-0.2, 0) is 7.05 Å². The number of fused-ring (bicyclic) bond motifs is 1. The van der Waals surface area contributed by atoms with Gasteiger partial charge in [-0.3, -0.25) is 13.8 Å². The molecule has 4 heterocycles. The summed E-state index contributed by atoms with van der Waals surface area (Å²) in [6.07, 6.45) is 13.9. The van der Waals surface area contributed by atoms with Crippen molar-refractivity contribution >= 4 is 5.65 Å². The maximum Gasteiger partial charge on any atom is 0.149 e. The van der Waals surface area contributed by atoms with Crippen molar-refractivity contribution in [1.29, 1.82) is 0 Å². The van der Waals surface area contributed by atoms with Gasteiger partial charge in [0.1, 0.15) is 11.5 Å². The van der Waals surface area contributed by atoms with Gasteiger partial charge in [-0.1, -0.05) is 6.92 Å². The van der Waals surface area contributed by atoms with Gasteiger partial charge in [0.05, 0.1) is 29.7 Å². The van der Waals surface area contributed by atoms with E-state index in [4.69, 9.17) is 10.1 Å². The molecule has 1 N–H and O–H groups in total. The Morgan fingerprint density at radius 1 is 1.15 bits per heavy atom. The van der Waals surface area contributed by atoms with Gasteiger partial charge in [-0.15, -0.1) is 0 Å². The first-order valence-electron chi connectivity index (χ1n) is 9.18. The molecule has 4 aromatic heterocycles. The van der Waals surface area contributed by atoms with Crippen molar-refractivity contribution in [3.8, 4) is 22.6 Å². The molecular weight excluding hydrogens is 342 g/mol. The monoisotopic (exact) mass is 365 g/mol. The standard InChI is InChI=1S/C19H23N7O/c1-3-16(5-4-8-27)26-13-15(11-22-26)19-23-17(14-10-21-24(2)12-14)9-18-20-6-7-25(18)19/h6-7,9-13,16,27H,3-5,8H2,1-2H3.